The minimum absolute atomic E-state index is 0.319. The summed E-state index contributed by atoms with van der Waals surface area (Å²) < 4.78 is 44.0. The Balaban J connectivity index is 5.37. The standard InChI is InChI=1S/C5H12BrNO4S2/c1-5(2,3)12(8,9)7(4)13(6,10)11/h1-4H3. The summed E-state index contributed by atoms with van der Waals surface area (Å²) >= 11 is 2.29. The van der Waals surface area contributed by atoms with Crippen molar-refractivity contribution in [2.45, 2.75) is 25.5 Å². The maximum absolute atomic E-state index is 11.5. The zero-order chi connectivity index (χ0) is 11.1. The van der Waals surface area contributed by atoms with Gasteiger partial charge in [0.15, 0.2) is 0 Å². The van der Waals surface area contributed by atoms with Crippen molar-refractivity contribution in [3.05, 3.63) is 0 Å². The average molecular weight is 294 g/mol. The summed E-state index contributed by atoms with van der Waals surface area (Å²) in [5.74, 6) is 0. The molecule has 0 radical (unpaired) electrons. The van der Waals surface area contributed by atoms with E-state index >= 15 is 0 Å². The first kappa shape index (κ1) is 13.3. The predicted octanol–water partition coefficient (Wildman–Crippen LogP) is 0.686. The molecule has 0 saturated carbocycles. The Bertz CT molecular complexity index is 377. The molecule has 5 nitrogen and oxygen atoms in total. The van der Waals surface area contributed by atoms with Crippen molar-refractivity contribution in [3.63, 3.8) is 0 Å². The molecular weight excluding hydrogens is 282 g/mol. The average Bonchev–Trinajstić information content (AvgIpc) is 1.81. The smallest absolute Gasteiger partial charge is 0.211 e. The SMILES string of the molecule is CN(S(=O)(=O)Br)S(=O)(=O)C(C)(C)C. The summed E-state index contributed by atoms with van der Waals surface area (Å²) in [5.41, 5.74) is 0. The third kappa shape index (κ3) is 2.90. The zero-order valence-electron chi connectivity index (χ0n) is 7.77. The molecule has 0 spiro atoms. The molecule has 0 aromatic rings. The number of hydrogen-bond donors (Lipinski definition) is 0. The van der Waals surface area contributed by atoms with Gasteiger partial charge < -0.3 is 0 Å². The van der Waals surface area contributed by atoms with Crippen LogP contribution in [0.2, 0.25) is 0 Å². The van der Waals surface area contributed by atoms with Gasteiger partial charge in [0.25, 0.3) is 8.46 Å². The van der Waals surface area contributed by atoms with E-state index in [1.54, 1.807) is 0 Å². The highest BCUT2D eigenvalue weighted by molar-refractivity contribution is 9.47. The minimum atomic E-state index is -3.89. The van der Waals surface area contributed by atoms with Gasteiger partial charge in [0.05, 0.1) is 19.6 Å². The summed E-state index contributed by atoms with van der Waals surface area (Å²) in [6.45, 7) is 4.28. The Labute approximate surface area is 86.4 Å². The van der Waals surface area contributed by atoms with Crippen LogP contribution in [0.5, 0.6) is 0 Å². The van der Waals surface area contributed by atoms with Crippen LogP contribution >= 0.6 is 14.8 Å². The van der Waals surface area contributed by atoms with Crippen LogP contribution in [0.25, 0.3) is 0 Å². The Morgan fingerprint density at radius 1 is 1.08 bits per heavy atom. The molecule has 0 aliphatic carbocycles. The van der Waals surface area contributed by atoms with Gasteiger partial charge in [-0.15, -0.1) is 0 Å². The molecule has 0 rings (SSSR count). The lowest BCUT2D eigenvalue weighted by atomic mass is 10.3. The molecule has 0 saturated heterocycles. The van der Waals surface area contributed by atoms with Crippen molar-refractivity contribution >= 4 is 33.3 Å². The summed E-state index contributed by atoms with van der Waals surface area (Å²) in [6, 6.07) is 0. The summed E-state index contributed by atoms with van der Waals surface area (Å²) in [4.78, 5) is 0. The van der Waals surface area contributed by atoms with Crippen molar-refractivity contribution in [3.8, 4) is 0 Å². The highest BCUT2D eigenvalue weighted by Crippen LogP contribution is 2.23. The van der Waals surface area contributed by atoms with E-state index in [0.717, 1.165) is 7.05 Å². The summed E-state index contributed by atoms with van der Waals surface area (Å²) in [5, 5.41) is 0. The number of sulfonamides is 1. The molecule has 0 amide bonds. The monoisotopic (exact) mass is 293 g/mol. The second kappa shape index (κ2) is 3.48. The lowest BCUT2D eigenvalue weighted by Crippen LogP contribution is -2.41. The Kier molecular flexibility index (Phi) is 3.58. The van der Waals surface area contributed by atoms with Crippen LogP contribution in [-0.4, -0.2) is 32.3 Å². The first-order valence-electron chi connectivity index (χ1n) is 3.34. The first-order chi connectivity index (χ1) is 5.40. The topological polar surface area (TPSA) is 71.5 Å². The van der Waals surface area contributed by atoms with Crippen LogP contribution in [-0.2, 0) is 18.5 Å². The van der Waals surface area contributed by atoms with Gasteiger partial charge >= 0.3 is 0 Å². The molecule has 0 bridgehead atoms. The Morgan fingerprint density at radius 3 is 1.46 bits per heavy atom. The molecule has 0 aromatic heterocycles. The van der Waals surface area contributed by atoms with Crippen LogP contribution in [0, 0.1) is 0 Å². The number of halogens is 1. The van der Waals surface area contributed by atoms with Crippen molar-refractivity contribution in [2.24, 2.45) is 0 Å². The van der Waals surface area contributed by atoms with Crippen LogP contribution in [0.1, 0.15) is 20.8 Å². The van der Waals surface area contributed by atoms with Crippen LogP contribution in [0.4, 0.5) is 0 Å². The fraction of sp³-hybridized carbons (Fsp3) is 1.00. The molecular formula is C5H12BrNO4S2. The van der Waals surface area contributed by atoms with Gasteiger partial charge in [-0.25, -0.2) is 8.42 Å². The lowest BCUT2D eigenvalue weighted by molar-refractivity contribution is 0.508. The molecule has 0 N–H and O–H groups in total. The third-order valence-electron chi connectivity index (χ3n) is 1.42. The van der Waals surface area contributed by atoms with Gasteiger partial charge in [0.2, 0.25) is 10.0 Å². The van der Waals surface area contributed by atoms with Gasteiger partial charge in [-0.1, -0.05) is 3.71 Å². The first-order valence-corrected chi connectivity index (χ1v) is 8.06. The third-order valence-corrected chi connectivity index (χ3v) is 7.31. The van der Waals surface area contributed by atoms with Crippen LogP contribution < -0.4 is 0 Å². The van der Waals surface area contributed by atoms with Crippen molar-refractivity contribution < 1.29 is 16.8 Å². The fourth-order valence-electron chi connectivity index (χ4n) is 0.503. The van der Waals surface area contributed by atoms with E-state index in [0.29, 0.717) is 3.71 Å². The largest absolute Gasteiger partial charge is 0.287 e. The molecule has 0 aromatic carbocycles. The fourth-order valence-corrected chi connectivity index (χ4v) is 4.28. The molecule has 0 unspecified atom stereocenters. The van der Waals surface area contributed by atoms with Crippen molar-refractivity contribution in [2.75, 3.05) is 7.05 Å². The van der Waals surface area contributed by atoms with Gasteiger partial charge in [-0.05, 0) is 20.8 Å². The molecule has 13 heavy (non-hydrogen) atoms. The molecule has 8 heteroatoms. The maximum atomic E-state index is 11.5. The van der Waals surface area contributed by atoms with Crippen LogP contribution in [0.3, 0.4) is 0 Å². The van der Waals surface area contributed by atoms with E-state index in [9.17, 15) is 16.8 Å². The van der Waals surface area contributed by atoms with Crippen molar-refractivity contribution in [1.29, 1.82) is 0 Å². The van der Waals surface area contributed by atoms with Crippen LogP contribution in [0.15, 0.2) is 0 Å². The van der Waals surface area contributed by atoms with E-state index < -0.39 is 23.2 Å². The van der Waals surface area contributed by atoms with Gasteiger partial charge in [-0.2, -0.15) is 8.42 Å². The normalized spacial score (nSPS) is 14.9. The minimum Gasteiger partial charge on any atom is -0.211 e. The van der Waals surface area contributed by atoms with Gasteiger partial charge in [0, 0.05) is 7.05 Å². The highest BCUT2D eigenvalue weighted by atomic mass is 79.9. The molecule has 0 aliphatic heterocycles. The Hall–Kier alpha value is 0.340. The number of hydrogen-bond acceptors (Lipinski definition) is 4. The second-order valence-corrected chi connectivity index (χ2v) is 10.2. The molecule has 0 atom stereocenters. The number of nitrogens with zero attached hydrogens (tertiary/aromatic N) is 1. The quantitative estimate of drug-likeness (QED) is 0.702. The summed E-state index contributed by atoms with van der Waals surface area (Å²) in [6.07, 6.45) is 0. The van der Waals surface area contributed by atoms with Gasteiger partial charge in [0.1, 0.15) is 0 Å². The Morgan fingerprint density at radius 2 is 1.38 bits per heavy atom. The zero-order valence-corrected chi connectivity index (χ0v) is 11.0. The molecule has 80 valence electrons. The van der Waals surface area contributed by atoms with E-state index in [4.69, 9.17) is 0 Å². The van der Waals surface area contributed by atoms with Gasteiger partial charge in [-0.3, -0.25) is 0 Å². The summed E-state index contributed by atoms with van der Waals surface area (Å²) in [7, 11) is -6.73. The highest BCUT2D eigenvalue weighted by Gasteiger charge is 2.38. The molecule has 0 aliphatic rings. The van der Waals surface area contributed by atoms with E-state index in [1.807, 2.05) is 0 Å². The van der Waals surface area contributed by atoms with E-state index in [1.165, 1.54) is 20.8 Å². The second-order valence-electron chi connectivity index (χ2n) is 3.44. The van der Waals surface area contributed by atoms with E-state index in [-0.39, 0.29) is 0 Å². The molecule has 0 heterocycles. The lowest BCUT2D eigenvalue weighted by Gasteiger charge is -2.24. The number of rotatable bonds is 2. The molecule has 0 fully saturated rings. The van der Waals surface area contributed by atoms with Crippen molar-refractivity contribution in [1.82, 2.24) is 3.71 Å². The maximum Gasteiger partial charge on any atom is 0.287 e. The predicted molar refractivity (Wildman–Crippen MR) is 54.3 cm³/mol. The van der Waals surface area contributed by atoms with E-state index in [2.05, 4.69) is 14.8 Å².